The predicted octanol–water partition coefficient (Wildman–Crippen LogP) is 2.92. The lowest BCUT2D eigenvalue weighted by Crippen LogP contribution is -2.27. The number of nitrogens with two attached hydrogens (primary N) is 2. The monoisotopic (exact) mass is 272 g/mol. The number of aromatic nitrogens is 2. The number of hydrogen-bond acceptors (Lipinski definition) is 4. The molecule has 0 aliphatic heterocycles. The first-order valence-electron chi connectivity index (χ1n) is 7.78. The van der Waals surface area contributed by atoms with E-state index in [4.69, 9.17) is 16.5 Å². The van der Waals surface area contributed by atoms with Crippen LogP contribution in [0.25, 0.3) is 5.57 Å². The molecule has 1 aromatic rings. The zero-order valence-electron chi connectivity index (χ0n) is 12.3. The molecule has 4 nitrogen and oxygen atoms in total. The Kier molecular flexibility index (Phi) is 3.40. The van der Waals surface area contributed by atoms with Crippen LogP contribution in [0.15, 0.2) is 6.20 Å². The minimum Gasteiger partial charge on any atom is -0.404 e. The summed E-state index contributed by atoms with van der Waals surface area (Å²) < 4.78 is 0. The zero-order chi connectivity index (χ0) is 14.2. The van der Waals surface area contributed by atoms with E-state index < -0.39 is 0 Å². The summed E-state index contributed by atoms with van der Waals surface area (Å²) in [6.07, 6.45) is 11.2. The Hall–Kier alpha value is -1.58. The fourth-order valence-electron chi connectivity index (χ4n) is 3.88. The third-order valence-electron chi connectivity index (χ3n) is 5.07. The number of nitrogen functional groups attached to an aromatic ring is 1. The minimum atomic E-state index is 0.271. The molecule has 1 aromatic heterocycles. The van der Waals surface area contributed by atoms with Gasteiger partial charge in [-0.1, -0.05) is 26.2 Å². The van der Waals surface area contributed by atoms with Gasteiger partial charge in [0.05, 0.1) is 5.69 Å². The minimum absolute atomic E-state index is 0.271. The van der Waals surface area contributed by atoms with E-state index in [1.807, 2.05) is 0 Å². The summed E-state index contributed by atoms with van der Waals surface area (Å²) in [5.41, 5.74) is 15.6. The summed E-state index contributed by atoms with van der Waals surface area (Å²) in [7, 11) is 0. The Balaban J connectivity index is 2.09. The molecule has 0 bridgehead atoms. The Labute approximate surface area is 120 Å². The van der Waals surface area contributed by atoms with Crippen LogP contribution in [0.5, 0.6) is 0 Å². The Morgan fingerprint density at radius 2 is 1.95 bits per heavy atom. The van der Waals surface area contributed by atoms with E-state index in [0.29, 0.717) is 5.82 Å². The molecule has 0 amide bonds. The summed E-state index contributed by atoms with van der Waals surface area (Å²) in [5.74, 6) is 1.40. The zero-order valence-corrected chi connectivity index (χ0v) is 12.3. The van der Waals surface area contributed by atoms with Crippen molar-refractivity contribution >= 4 is 11.4 Å². The van der Waals surface area contributed by atoms with Gasteiger partial charge in [0.1, 0.15) is 5.82 Å². The molecule has 2 aliphatic rings. The molecule has 0 atom stereocenters. The van der Waals surface area contributed by atoms with Gasteiger partial charge < -0.3 is 11.5 Å². The molecular formula is C16H24N4. The summed E-state index contributed by atoms with van der Waals surface area (Å²) >= 11 is 0. The van der Waals surface area contributed by atoms with Gasteiger partial charge >= 0.3 is 0 Å². The average molecular weight is 272 g/mol. The molecule has 0 saturated heterocycles. The normalized spacial score (nSPS) is 21.1. The third kappa shape index (κ3) is 1.98. The van der Waals surface area contributed by atoms with E-state index >= 15 is 0 Å². The lowest BCUT2D eigenvalue weighted by molar-refractivity contribution is 0.286. The van der Waals surface area contributed by atoms with Gasteiger partial charge in [0, 0.05) is 22.8 Å². The van der Waals surface area contributed by atoms with Crippen LogP contribution in [0.4, 0.5) is 5.82 Å². The van der Waals surface area contributed by atoms with Gasteiger partial charge in [-0.2, -0.15) is 0 Å². The highest BCUT2D eigenvalue weighted by Crippen LogP contribution is 2.49. The quantitative estimate of drug-likeness (QED) is 0.867. The molecule has 3 rings (SSSR count). The molecule has 20 heavy (non-hydrogen) atoms. The summed E-state index contributed by atoms with van der Waals surface area (Å²) in [4.78, 5) is 9.38. The second-order valence-electron chi connectivity index (χ2n) is 6.15. The van der Waals surface area contributed by atoms with Crippen molar-refractivity contribution in [1.82, 2.24) is 9.97 Å². The van der Waals surface area contributed by atoms with Crippen LogP contribution in [0.2, 0.25) is 0 Å². The van der Waals surface area contributed by atoms with Crippen molar-refractivity contribution in [2.75, 3.05) is 5.73 Å². The molecule has 0 aromatic carbocycles. The van der Waals surface area contributed by atoms with Gasteiger partial charge in [-0.15, -0.1) is 0 Å². The maximum absolute atomic E-state index is 6.19. The number of rotatable bonds is 2. The molecule has 1 saturated carbocycles. The summed E-state index contributed by atoms with van der Waals surface area (Å²) in [6, 6.07) is 0. The molecule has 0 radical (unpaired) electrons. The highest BCUT2D eigenvalue weighted by Gasteiger charge is 2.42. The standard InChI is InChI=1S/C16H24N4/c1-2-11(10-17)15-19-13-12(14(18)20-15)6-9-16(13)7-4-3-5-8-16/h10H,2-9,17H2,1H3,(H2,18,19,20). The molecule has 1 spiro atoms. The number of hydrogen-bond donors (Lipinski definition) is 2. The molecule has 4 heteroatoms. The van der Waals surface area contributed by atoms with Crippen LogP contribution in [-0.2, 0) is 11.8 Å². The van der Waals surface area contributed by atoms with Crippen molar-refractivity contribution in [3.63, 3.8) is 0 Å². The van der Waals surface area contributed by atoms with Crippen molar-refractivity contribution in [3.8, 4) is 0 Å². The van der Waals surface area contributed by atoms with Crippen molar-refractivity contribution in [1.29, 1.82) is 0 Å². The topological polar surface area (TPSA) is 77.8 Å². The van der Waals surface area contributed by atoms with Gasteiger partial charge in [0.2, 0.25) is 0 Å². The summed E-state index contributed by atoms with van der Waals surface area (Å²) in [5, 5.41) is 0. The number of anilines is 1. The number of fused-ring (bicyclic) bond motifs is 2. The Bertz CT molecular complexity index is 542. The van der Waals surface area contributed by atoms with Crippen LogP contribution in [0.1, 0.15) is 69.0 Å². The van der Waals surface area contributed by atoms with Crippen LogP contribution < -0.4 is 11.5 Å². The lowest BCUT2D eigenvalue weighted by Gasteiger charge is -2.33. The van der Waals surface area contributed by atoms with Gasteiger partial charge in [-0.3, -0.25) is 0 Å². The van der Waals surface area contributed by atoms with E-state index in [1.165, 1.54) is 49.8 Å². The maximum Gasteiger partial charge on any atom is 0.159 e. The predicted molar refractivity (Wildman–Crippen MR) is 82.0 cm³/mol. The molecule has 108 valence electrons. The van der Waals surface area contributed by atoms with Crippen molar-refractivity contribution in [2.45, 2.75) is 63.7 Å². The van der Waals surface area contributed by atoms with Crippen LogP contribution in [0.3, 0.4) is 0 Å². The van der Waals surface area contributed by atoms with Crippen molar-refractivity contribution in [2.24, 2.45) is 5.73 Å². The molecular weight excluding hydrogens is 248 g/mol. The third-order valence-corrected chi connectivity index (χ3v) is 5.07. The molecule has 2 aliphatic carbocycles. The molecule has 1 heterocycles. The fourth-order valence-corrected chi connectivity index (χ4v) is 3.88. The SMILES string of the molecule is CCC(=CN)c1nc(N)c2c(n1)C1(CCCCC1)CC2. The molecule has 4 N–H and O–H groups in total. The lowest BCUT2D eigenvalue weighted by atomic mass is 9.72. The second-order valence-corrected chi connectivity index (χ2v) is 6.15. The van der Waals surface area contributed by atoms with E-state index in [0.717, 1.165) is 24.2 Å². The van der Waals surface area contributed by atoms with Crippen LogP contribution >= 0.6 is 0 Å². The first-order chi connectivity index (χ1) is 9.70. The first kappa shape index (κ1) is 13.4. The highest BCUT2D eigenvalue weighted by atomic mass is 15.0. The first-order valence-corrected chi connectivity index (χ1v) is 7.78. The summed E-state index contributed by atoms with van der Waals surface area (Å²) in [6.45, 7) is 2.07. The maximum atomic E-state index is 6.19. The molecule has 0 unspecified atom stereocenters. The van der Waals surface area contributed by atoms with Crippen molar-refractivity contribution < 1.29 is 0 Å². The van der Waals surface area contributed by atoms with Crippen molar-refractivity contribution in [3.05, 3.63) is 23.3 Å². The average Bonchev–Trinajstić information content (AvgIpc) is 2.81. The van der Waals surface area contributed by atoms with Gasteiger partial charge in [0.25, 0.3) is 0 Å². The van der Waals surface area contributed by atoms with Crippen LogP contribution in [0, 0.1) is 0 Å². The number of allylic oxidation sites excluding steroid dienone is 1. The van der Waals surface area contributed by atoms with E-state index in [9.17, 15) is 0 Å². The largest absolute Gasteiger partial charge is 0.404 e. The van der Waals surface area contributed by atoms with E-state index in [-0.39, 0.29) is 5.41 Å². The van der Waals surface area contributed by atoms with Gasteiger partial charge in [-0.25, -0.2) is 9.97 Å². The smallest absolute Gasteiger partial charge is 0.159 e. The Morgan fingerprint density at radius 1 is 1.20 bits per heavy atom. The van der Waals surface area contributed by atoms with E-state index in [1.54, 1.807) is 6.20 Å². The second kappa shape index (κ2) is 5.08. The highest BCUT2D eigenvalue weighted by molar-refractivity contribution is 5.62. The van der Waals surface area contributed by atoms with Gasteiger partial charge in [0.15, 0.2) is 5.82 Å². The fraction of sp³-hybridized carbons (Fsp3) is 0.625. The van der Waals surface area contributed by atoms with Gasteiger partial charge in [-0.05, 0) is 32.1 Å². The number of nitrogens with zero attached hydrogens (tertiary/aromatic N) is 2. The Morgan fingerprint density at radius 3 is 2.60 bits per heavy atom. The van der Waals surface area contributed by atoms with E-state index in [2.05, 4.69) is 11.9 Å². The van der Waals surface area contributed by atoms with Crippen LogP contribution in [-0.4, -0.2) is 9.97 Å². The molecule has 1 fully saturated rings.